The average Bonchev–Trinajstić information content (AvgIpc) is 2.87. The van der Waals surface area contributed by atoms with E-state index in [2.05, 4.69) is 22.5 Å². The van der Waals surface area contributed by atoms with Crippen LogP contribution in [0.3, 0.4) is 0 Å². The standard InChI is InChI=1S/C16H25N3O2/c1-12-10-17-11-15(12)16(20)18-13-4-6-14(7-5-13)21-9-8-19(2)3/h4-7,12,15,17H,8-11H2,1-3H3,(H,18,20)/t12-,15-/m1/s1. The van der Waals surface area contributed by atoms with Crippen LogP contribution in [0.4, 0.5) is 5.69 Å². The summed E-state index contributed by atoms with van der Waals surface area (Å²) in [6.07, 6.45) is 0. The minimum absolute atomic E-state index is 0.0565. The fraction of sp³-hybridized carbons (Fsp3) is 0.562. The third-order valence-electron chi connectivity index (χ3n) is 3.78. The number of nitrogens with one attached hydrogen (secondary N) is 2. The highest BCUT2D eigenvalue weighted by molar-refractivity contribution is 5.93. The summed E-state index contributed by atoms with van der Waals surface area (Å²) in [6, 6.07) is 7.55. The van der Waals surface area contributed by atoms with Crippen molar-refractivity contribution in [3.63, 3.8) is 0 Å². The van der Waals surface area contributed by atoms with Gasteiger partial charge in [0.25, 0.3) is 0 Å². The molecule has 5 nitrogen and oxygen atoms in total. The molecule has 1 heterocycles. The molecular formula is C16H25N3O2. The third kappa shape index (κ3) is 4.72. The van der Waals surface area contributed by atoms with Crippen LogP contribution in [-0.2, 0) is 4.79 Å². The van der Waals surface area contributed by atoms with Crippen LogP contribution >= 0.6 is 0 Å². The SMILES string of the molecule is C[C@@H]1CNC[C@H]1C(=O)Nc1ccc(OCCN(C)C)cc1. The Morgan fingerprint density at radius 3 is 2.62 bits per heavy atom. The number of nitrogens with zero attached hydrogens (tertiary/aromatic N) is 1. The number of anilines is 1. The first-order chi connectivity index (χ1) is 10.1. The summed E-state index contributed by atoms with van der Waals surface area (Å²) in [6.45, 7) is 5.32. The Balaban J connectivity index is 1.83. The van der Waals surface area contributed by atoms with E-state index in [0.717, 1.165) is 31.1 Å². The lowest BCUT2D eigenvalue weighted by Gasteiger charge is -2.15. The summed E-state index contributed by atoms with van der Waals surface area (Å²) in [5, 5.41) is 6.22. The van der Waals surface area contributed by atoms with Gasteiger partial charge in [0, 0.05) is 18.8 Å². The topological polar surface area (TPSA) is 53.6 Å². The van der Waals surface area contributed by atoms with Gasteiger partial charge in [-0.1, -0.05) is 6.92 Å². The predicted octanol–water partition coefficient (Wildman–Crippen LogP) is 1.42. The normalized spacial score (nSPS) is 21.5. The molecule has 0 spiro atoms. The fourth-order valence-corrected chi connectivity index (χ4v) is 2.38. The Bertz CT molecular complexity index is 459. The van der Waals surface area contributed by atoms with Crippen LogP contribution < -0.4 is 15.4 Å². The predicted molar refractivity (Wildman–Crippen MR) is 84.6 cm³/mol. The molecule has 0 bridgehead atoms. The summed E-state index contributed by atoms with van der Waals surface area (Å²) in [5.74, 6) is 1.36. The summed E-state index contributed by atoms with van der Waals surface area (Å²) in [4.78, 5) is 14.2. The second-order valence-corrected chi connectivity index (χ2v) is 5.91. The van der Waals surface area contributed by atoms with E-state index in [-0.39, 0.29) is 11.8 Å². The molecule has 1 aromatic rings. The Morgan fingerprint density at radius 2 is 2.05 bits per heavy atom. The van der Waals surface area contributed by atoms with E-state index in [9.17, 15) is 4.79 Å². The van der Waals surface area contributed by atoms with Gasteiger partial charge < -0.3 is 20.3 Å². The summed E-state index contributed by atoms with van der Waals surface area (Å²) < 4.78 is 5.63. The maximum absolute atomic E-state index is 12.2. The lowest BCUT2D eigenvalue weighted by Crippen LogP contribution is -2.27. The number of hydrogen-bond acceptors (Lipinski definition) is 4. The number of rotatable bonds is 6. The number of carbonyl (C=O) groups excluding carboxylic acids is 1. The molecule has 1 aliphatic heterocycles. The zero-order valence-corrected chi connectivity index (χ0v) is 13.1. The maximum Gasteiger partial charge on any atom is 0.229 e. The Hall–Kier alpha value is -1.59. The monoisotopic (exact) mass is 291 g/mol. The van der Waals surface area contributed by atoms with Crippen LogP contribution in [-0.4, -0.2) is 51.1 Å². The molecule has 2 N–H and O–H groups in total. The number of amides is 1. The molecule has 0 unspecified atom stereocenters. The molecule has 0 saturated carbocycles. The highest BCUT2D eigenvalue weighted by atomic mass is 16.5. The summed E-state index contributed by atoms with van der Waals surface area (Å²) in [5.41, 5.74) is 0.819. The first-order valence-corrected chi connectivity index (χ1v) is 7.45. The minimum atomic E-state index is 0.0565. The first-order valence-electron chi connectivity index (χ1n) is 7.45. The zero-order chi connectivity index (χ0) is 15.2. The highest BCUT2D eigenvalue weighted by Crippen LogP contribution is 2.20. The van der Waals surface area contributed by atoms with E-state index < -0.39 is 0 Å². The number of benzene rings is 1. The third-order valence-corrected chi connectivity index (χ3v) is 3.78. The lowest BCUT2D eigenvalue weighted by molar-refractivity contribution is -0.120. The number of ether oxygens (including phenoxy) is 1. The molecule has 0 aliphatic carbocycles. The van der Waals surface area contributed by atoms with Gasteiger partial charge in [0.2, 0.25) is 5.91 Å². The van der Waals surface area contributed by atoms with Gasteiger partial charge in [0.15, 0.2) is 0 Å². The van der Waals surface area contributed by atoms with Gasteiger partial charge in [0.05, 0.1) is 5.92 Å². The number of carbonyl (C=O) groups is 1. The molecule has 2 rings (SSSR count). The van der Waals surface area contributed by atoms with Gasteiger partial charge in [0.1, 0.15) is 12.4 Å². The van der Waals surface area contributed by atoms with Crippen LogP contribution in [0.1, 0.15) is 6.92 Å². The van der Waals surface area contributed by atoms with Crippen molar-refractivity contribution >= 4 is 11.6 Å². The number of likely N-dealkylation sites (N-methyl/N-ethyl adjacent to an activating group) is 1. The largest absolute Gasteiger partial charge is 0.492 e. The van der Waals surface area contributed by atoms with Crippen LogP contribution in [0.25, 0.3) is 0 Å². The molecule has 2 atom stereocenters. The van der Waals surface area contributed by atoms with Crippen molar-refractivity contribution < 1.29 is 9.53 Å². The maximum atomic E-state index is 12.2. The molecular weight excluding hydrogens is 266 g/mol. The Kier molecular flexibility index (Phi) is 5.59. The highest BCUT2D eigenvalue weighted by Gasteiger charge is 2.29. The van der Waals surface area contributed by atoms with E-state index in [1.54, 1.807) is 0 Å². The van der Waals surface area contributed by atoms with Gasteiger partial charge in [-0.05, 0) is 50.8 Å². The van der Waals surface area contributed by atoms with Gasteiger partial charge in [-0.3, -0.25) is 4.79 Å². The Labute approximate surface area is 126 Å². The summed E-state index contributed by atoms with van der Waals surface area (Å²) in [7, 11) is 4.03. The van der Waals surface area contributed by atoms with Crippen molar-refractivity contribution in [1.82, 2.24) is 10.2 Å². The van der Waals surface area contributed by atoms with Crippen molar-refractivity contribution in [1.29, 1.82) is 0 Å². The quantitative estimate of drug-likeness (QED) is 0.832. The van der Waals surface area contributed by atoms with Crippen molar-refractivity contribution in [2.75, 3.05) is 45.7 Å². The smallest absolute Gasteiger partial charge is 0.229 e. The fourth-order valence-electron chi connectivity index (χ4n) is 2.38. The van der Waals surface area contributed by atoms with Crippen molar-refractivity contribution in [2.45, 2.75) is 6.92 Å². The zero-order valence-electron chi connectivity index (χ0n) is 13.1. The average molecular weight is 291 g/mol. The van der Waals surface area contributed by atoms with Crippen LogP contribution in [0.15, 0.2) is 24.3 Å². The molecule has 0 aromatic heterocycles. The minimum Gasteiger partial charge on any atom is -0.492 e. The van der Waals surface area contributed by atoms with Gasteiger partial charge in [-0.2, -0.15) is 0 Å². The van der Waals surface area contributed by atoms with Crippen molar-refractivity contribution in [3.8, 4) is 5.75 Å². The molecule has 21 heavy (non-hydrogen) atoms. The van der Waals surface area contributed by atoms with Crippen LogP contribution in [0.5, 0.6) is 5.75 Å². The van der Waals surface area contributed by atoms with Crippen molar-refractivity contribution in [3.05, 3.63) is 24.3 Å². The van der Waals surface area contributed by atoms with Gasteiger partial charge >= 0.3 is 0 Å². The lowest BCUT2D eigenvalue weighted by atomic mass is 9.97. The first kappa shape index (κ1) is 15.8. The van der Waals surface area contributed by atoms with E-state index in [1.807, 2.05) is 38.4 Å². The molecule has 1 aliphatic rings. The van der Waals surface area contributed by atoms with E-state index in [1.165, 1.54) is 0 Å². The molecule has 1 aromatic carbocycles. The number of hydrogen-bond donors (Lipinski definition) is 2. The van der Waals surface area contributed by atoms with E-state index >= 15 is 0 Å². The van der Waals surface area contributed by atoms with Gasteiger partial charge in [-0.25, -0.2) is 0 Å². The molecule has 1 fully saturated rings. The van der Waals surface area contributed by atoms with E-state index in [0.29, 0.717) is 12.5 Å². The van der Waals surface area contributed by atoms with Crippen LogP contribution in [0.2, 0.25) is 0 Å². The Morgan fingerprint density at radius 1 is 1.33 bits per heavy atom. The molecule has 1 amide bonds. The van der Waals surface area contributed by atoms with Crippen molar-refractivity contribution in [2.24, 2.45) is 11.8 Å². The van der Waals surface area contributed by atoms with E-state index in [4.69, 9.17) is 4.74 Å². The second kappa shape index (κ2) is 7.43. The van der Waals surface area contributed by atoms with Crippen LogP contribution in [0, 0.1) is 11.8 Å². The molecule has 5 heteroatoms. The molecule has 0 radical (unpaired) electrons. The molecule has 1 saturated heterocycles. The second-order valence-electron chi connectivity index (χ2n) is 5.91. The van der Waals surface area contributed by atoms with Gasteiger partial charge in [-0.15, -0.1) is 0 Å². The molecule has 116 valence electrons. The summed E-state index contributed by atoms with van der Waals surface area (Å²) >= 11 is 0.